The zero-order valence-corrected chi connectivity index (χ0v) is 9.86. The molecule has 0 saturated heterocycles. The number of carbonyl (C=O) groups excluding carboxylic acids is 1. The maximum atomic E-state index is 12.8. The third kappa shape index (κ3) is 3.59. The molecule has 1 aromatic rings. The second kappa shape index (κ2) is 5.21. The fourth-order valence-electron chi connectivity index (χ4n) is 1.29. The van der Waals surface area contributed by atoms with Gasteiger partial charge in [-0.1, -0.05) is 12.2 Å². The van der Waals surface area contributed by atoms with Gasteiger partial charge in [0.1, 0.15) is 4.99 Å². The van der Waals surface area contributed by atoms with Gasteiger partial charge >= 0.3 is 6.18 Å². The van der Waals surface area contributed by atoms with Gasteiger partial charge in [0.25, 0.3) is 0 Å². The van der Waals surface area contributed by atoms with E-state index in [4.69, 9.17) is 11.5 Å². The number of hydrogen-bond acceptors (Lipinski definition) is 3. The first-order valence-electron chi connectivity index (χ1n) is 4.75. The minimum absolute atomic E-state index is 0.112. The topological polar surface area (TPSA) is 81.1 Å². The minimum atomic E-state index is -4.58. The first-order chi connectivity index (χ1) is 8.21. The van der Waals surface area contributed by atoms with E-state index < -0.39 is 17.6 Å². The Balaban J connectivity index is 3.14. The fourth-order valence-corrected chi connectivity index (χ4v) is 1.47. The van der Waals surface area contributed by atoms with Gasteiger partial charge in [0.05, 0.1) is 12.1 Å². The average Bonchev–Trinajstić information content (AvgIpc) is 2.24. The van der Waals surface area contributed by atoms with E-state index in [1.807, 2.05) is 0 Å². The maximum absolute atomic E-state index is 12.8. The molecule has 0 aliphatic rings. The Morgan fingerprint density at radius 2 is 1.94 bits per heavy atom. The molecule has 0 radical (unpaired) electrons. The smallest absolute Gasteiger partial charge is 0.389 e. The summed E-state index contributed by atoms with van der Waals surface area (Å²) in [4.78, 5) is 10.2. The summed E-state index contributed by atoms with van der Waals surface area (Å²) in [6.45, 7) is -0.260. The molecule has 98 valence electrons. The number of hydrogen-bond donors (Lipinski definition) is 3. The third-order valence-corrected chi connectivity index (χ3v) is 2.28. The van der Waals surface area contributed by atoms with Gasteiger partial charge in [-0.3, -0.25) is 4.79 Å². The van der Waals surface area contributed by atoms with E-state index in [0.29, 0.717) is 0 Å². The van der Waals surface area contributed by atoms with E-state index in [0.717, 1.165) is 12.1 Å². The SMILES string of the molecule is NC(=O)CNc1ccc(C(N)=S)c(C(F)(F)F)c1. The van der Waals surface area contributed by atoms with Gasteiger partial charge in [-0.15, -0.1) is 0 Å². The number of nitrogens with two attached hydrogens (primary N) is 2. The molecular formula is C10H10F3N3OS. The Bertz CT molecular complexity index is 488. The van der Waals surface area contributed by atoms with Crippen LogP contribution in [-0.4, -0.2) is 17.4 Å². The van der Waals surface area contributed by atoms with E-state index in [1.165, 1.54) is 6.07 Å². The number of primary amides is 1. The van der Waals surface area contributed by atoms with Gasteiger partial charge in [0, 0.05) is 11.3 Å². The molecule has 0 fully saturated rings. The Labute approximate surface area is 106 Å². The summed E-state index contributed by atoms with van der Waals surface area (Å²) in [7, 11) is 0. The predicted molar refractivity (Wildman–Crippen MR) is 65.0 cm³/mol. The van der Waals surface area contributed by atoms with Crippen LogP contribution in [0.2, 0.25) is 0 Å². The van der Waals surface area contributed by atoms with Crippen LogP contribution in [0.5, 0.6) is 0 Å². The van der Waals surface area contributed by atoms with Crippen LogP contribution in [0.15, 0.2) is 18.2 Å². The molecule has 5 N–H and O–H groups in total. The van der Waals surface area contributed by atoms with Crippen molar-refractivity contribution in [3.63, 3.8) is 0 Å². The summed E-state index contributed by atoms with van der Waals surface area (Å²) >= 11 is 4.55. The monoisotopic (exact) mass is 277 g/mol. The molecule has 1 rings (SSSR count). The highest BCUT2D eigenvalue weighted by molar-refractivity contribution is 7.80. The molecule has 0 atom stereocenters. The van der Waals surface area contributed by atoms with Crippen molar-refractivity contribution < 1.29 is 18.0 Å². The molecule has 0 aromatic heterocycles. The van der Waals surface area contributed by atoms with Crippen LogP contribution in [0.3, 0.4) is 0 Å². The highest BCUT2D eigenvalue weighted by atomic mass is 32.1. The van der Waals surface area contributed by atoms with E-state index in [-0.39, 0.29) is 22.8 Å². The number of thiocarbonyl (C=S) groups is 1. The Hall–Kier alpha value is -1.83. The number of nitrogens with one attached hydrogen (secondary N) is 1. The quantitative estimate of drug-likeness (QED) is 0.723. The van der Waals surface area contributed by atoms with Crippen molar-refractivity contribution in [3.8, 4) is 0 Å². The fraction of sp³-hybridized carbons (Fsp3) is 0.200. The highest BCUT2D eigenvalue weighted by Crippen LogP contribution is 2.33. The Morgan fingerprint density at radius 3 is 2.39 bits per heavy atom. The predicted octanol–water partition coefficient (Wildman–Crippen LogP) is 1.24. The van der Waals surface area contributed by atoms with E-state index in [2.05, 4.69) is 17.5 Å². The van der Waals surface area contributed by atoms with E-state index in [9.17, 15) is 18.0 Å². The van der Waals surface area contributed by atoms with Gasteiger partial charge < -0.3 is 16.8 Å². The second-order valence-corrected chi connectivity index (χ2v) is 3.88. The van der Waals surface area contributed by atoms with E-state index in [1.54, 1.807) is 0 Å². The number of halogens is 3. The molecule has 0 aliphatic heterocycles. The van der Waals surface area contributed by atoms with Crippen LogP contribution >= 0.6 is 12.2 Å². The highest BCUT2D eigenvalue weighted by Gasteiger charge is 2.34. The van der Waals surface area contributed by atoms with Gasteiger partial charge in [-0.2, -0.15) is 13.2 Å². The number of anilines is 1. The molecular weight excluding hydrogens is 267 g/mol. The van der Waals surface area contributed by atoms with Crippen molar-refractivity contribution in [3.05, 3.63) is 29.3 Å². The lowest BCUT2D eigenvalue weighted by atomic mass is 10.1. The Kier molecular flexibility index (Phi) is 4.12. The summed E-state index contributed by atoms with van der Waals surface area (Å²) in [6.07, 6.45) is -4.58. The molecule has 4 nitrogen and oxygen atoms in total. The molecule has 0 bridgehead atoms. The summed E-state index contributed by atoms with van der Waals surface area (Å²) in [5, 5.41) is 2.46. The summed E-state index contributed by atoms with van der Waals surface area (Å²) in [5.41, 5.74) is 8.99. The van der Waals surface area contributed by atoms with Crippen molar-refractivity contribution >= 4 is 28.8 Å². The summed E-state index contributed by atoms with van der Waals surface area (Å²) in [6, 6.07) is 3.32. The zero-order valence-electron chi connectivity index (χ0n) is 9.04. The number of alkyl halides is 3. The minimum Gasteiger partial charge on any atom is -0.389 e. The van der Waals surface area contributed by atoms with Crippen LogP contribution in [0, 0.1) is 0 Å². The zero-order chi connectivity index (χ0) is 13.9. The molecule has 18 heavy (non-hydrogen) atoms. The molecule has 1 amide bonds. The lowest BCUT2D eigenvalue weighted by Gasteiger charge is -2.14. The van der Waals surface area contributed by atoms with Gasteiger partial charge in [-0.05, 0) is 18.2 Å². The van der Waals surface area contributed by atoms with Crippen LogP contribution < -0.4 is 16.8 Å². The molecule has 0 heterocycles. The van der Waals surface area contributed by atoms with Crippen molar-refractivity contribution in [1.82, 2.24) is 0 Å². The molecule has 0 saturated carbocycles. The normalized spacial score (nSPS) is 11.1. The second-order valence-electron chi connectivity index (χ2n) is 3.44. The Morgan fingerprint density at radius 1 is 1.33 bits per heavy atom. The van der Waals surface area contributed by atoms with E-state index >= 15 is 0 Å². The number of carbonyl (C=O) groups is 1. The van der Waals surface area contributed by atoms with Gasteiger partial charge in [-0.25, -0.2) is 0 Å². The van der Waals surface area contributed by atoms with Crippen LogP contribution in [0.4, 0.5) is 18.9 Å². The lowest BCUT2D eigenvalue weighted by molar-refractivity contribution is -0.137. The van der Waals surface area contributed by atoms with Crippen molar-refractivity contribution in [1.29, 1.82) is 0 Å². The summed E-state index contributed by atoms with van der Waals surface area (Å²) < 4.78 is 38.3. The van der Waals surface area contributed by atoms with Crippen LogP contribution in [0.25, 0.3) is 0 Å². The third-order valence-electron chi connectivity index (χ3n) is 2.06. The number of amides is 1. The summed E-state index contributed by atoms with van der Waals surface area (Å²) in [5.74, 6) is -0.679. The molecule has 0 unspecified atom stereocenters. The van der Waals surface area contributed by atoms with Crippen LogP contribution in [0.1, 0.15) is 11.1 Å². The van der Waals surface area contributed by atoms with Gasteiger partial charge in [0.2, 0.25) is 5.91 Å². The maximum Gasteiger partial charge on any atom is 0.417 e. The molecule has 0 aliphatic carbocycles. The van der Waals surface area contributed by atoms with Gasteiger partial charge in [0.15, 0.2) is 0 Å². The molecule has 8 heteroatoms. The van der Waals surface area contributed by atoms with Crippen molar-refractivity contribution in [2.75, 3.05) is 11.9 Å². The van der Waals surface area contributed by atoms with Crippen molar-refractivity contribution in [2.24, 2.45) is 11.5 Å². The average molecular weight is 277 g/mol. The number of benzene rings is 1. The standard InChI is InChI=1S/C10H10F3N3OS/c11-10(12,13)7-3-5(16-4-8(14)17)1-2-6(7)9(15)18/h1-3,16H,4H2,(H2,14,17)(H2,15,18). The van der Waals surface area contributed by atoms with Crippen LogP contribution in [-0.2, 0) is 11.0 Å². The lowest BCUT2D eigenvalue weighted by Crippen LogP contribution is -2.22. The number of rotatable bonds is 4. The molecule has 0 spiro atoms. The molecule has 1 aromatic carbocycles. The van der Waals surface area contributed by atoms with Crippen molar-refractivity contribution in [2.45, 2.75) is 6.18 Å². The first kappa shape index (κ1) is 14.2. The largest absolute Gasteiger partial charge is 0.417 e. The first-order valence-corrected chi connectivity index (χ1v) is 5.16.